The van der Waals surface area contributed by atoms with Crippen LogP contribution in [0.25, 0.3) is 0 Å². The molecule has 2 fully saturated rings. The van der Waals surface area contributed by atoms with Gasteiger partial charge in [-0.25, -0.2) is 4.79 Å². The zero-order valence-electron chi connectivity index (χ0n) is 16.1. The topological polar surface area (TPSA) is 108 Å². The van der Waals surface area contributed by atoms with E-state index in [-0.39, 0.29) is 30.9 Å². The van der Waals surface area contributed by atoms with Gasteiger partial charge in [0.1, 0.15) is 10.5 Å². The highest BCUT2D eigenvalue weighted by Gasteiger charge is 2.52. The largest absolute Gasteiger partial charge is 0.325 e. The lowest BCUT2D eigenvalue weighted by Crippen LogP contribution is -2.55. The number of piperidine rings is 1. The number of aromatic nitrogens is 2. The molecule has 152 valence electrons. The second-order valence-corrected chi connectivity index (χ2v) is 8.52. The van der Waals surface area contributed by atoms with Crippen LogP contribution in [-0.2, 0) is 16.1 Å². The number of carbonyl (C=O) groups is 3. The second kappa shape index (κ2) is 7.88. The number of imide groups is 1. The van der Waals surface area contributed by atoms with Crippen molar-refractivity contribution in [2.24, 2.45) is 0 Å². The summed E-state index contributed by atoms with van der Waals surface area (Å²) in [4.78, 5) is 40.9. The molecule has 2 N–H and O–H groups in total. The first kappa shape index (κ1) is 19.5. The Morgan fingerprint density at radius 2 is 1.93 bits per heavy atom. The molecule has 29 heavy (non-hydrogen) atoms. The molecule has 1 aromatic heterocycles. The van der Waals surface area contributed by atoms with E-state index < -0.39 is 5.54 Å². The van der Waals surface area contributed by atoms with E-state index in [0.29, 0.717) is 31.1 Å². The third kappa shape index (κ3) is 4.13. The van der Waals surface area contributed by atoms with Crippen molar-refractivity contribution < 1.29 is 14.4 Å². The van der Waals surface area contributed by atoms with Gasteiger partial charge in [-0.1, -0.05) is 41.7 Å². The summed E-state index contributed by atoms with van der Waals surface area (Å²) in [7, 11) is 0. The normalized spacial score (nSPS) is 18.9. The van der Waals surface area contributed by atoms with Crippen LogP contribution >= 0.6 is 11.3 Å². The van der Waals surface area contributed by atoms with Crippen LogP contribution in [0.3, 0.4) is 0 Å². The summed E-state index contributed by atoms with van der Waals surface area (Å²) in [5.41, 5.74) is 0.0453. The summed E-state index contributed by atoms with van der Waals surface area (Å²) < 4.78 is 0. The van der Waals surface area contributed by atoms with Gasteiger partial charge < -0.3 is 5.32 Å². The highest BCUT2D eigenvalue weighted by Crippen LogP contribution is 2.30. The van der Waals surface area contributed by atoms with E-state index in [1.165, 1.54) is 16.2 Å². The van der Waals surface area contributed by atoms with E-state index >= 15 is 0 Å². The summed E-state index contributed by atoms with van der Waals surface area (Å²) in [6, 6.07) is 9.11. The quantitative estimate of drug-likeness (QED) is 0.716. The number of carbonyl (C=O) groups excluding carboxylic acids is 3. The second-order valence-electron chi connectivity index (χ2n) is 7.34. The Morgan fingerprint density at radius 1 is 1.21 bits per heavy atom. The van der Waals surface area contributed by atoms with Gasteiger partial charge in [-0.15, -0.1) is 10.2 Å². The third-order valence-corrected chi connectivity index (χ3v) is 6.03. The van der Waals surface area contributed by atoms with Crippen molar-refractivity contribution in [2.45, 2.75) is 31.8 Å². The fourth-order valence-electron chi connectivity index (χ4n) is 3.73. The zero-order chi connectivity index (χ0) is 20.4. The number of nitrogens with zero attached hydrogens (tertiary/aromatic N) is 4. The van der Waals surface area contributed by atoms with Gasteiger partial charge in [0, 0.05) is 13.1 Å². The number of hydrogen-bond donors (Lipinski definition) is 2. The van der Waals surface area contributed by atoms with E-state index in [1.54, 1.807) is 0 Å². The Kier molecular flexibility index (Phi) is 5.29. The molecular weight excluding hydrogens is 392 g/mol. The molecule has 2 aliphatic heterocycles. The highest BCUT2D eigenvalue weighted by atomic mass is 32.1. The van der Waals surface area contributed by atoms with Gasteiger partial charge in [-0.2, -0.15) is 0 Å². The predicted octanol–water partition coefficient (Wildman–Crippen LogP) is 1.37. The maximum atomic E-state index is 13.0. The maximum absolute atomic E-state index is 13.0. The maximum Gasteiger partial charge on any atom is 0.325 e. The minimum absolute atomic E-state index is 0.162. The molecule has 1 spiro atoms. The first-order valence-corrected chi connectivity index (χ1v) is 10.3. The van der Waals surface area contributed by atoms with Crippen molar-refractivity contribution in [3.8, 4) is 0 Å². The van der Waals surface area contributed by atoms with Crippen LogP contribution in [0.5, 0.6) is 0 Å². The van der Waals surface area contributed by atoms with Crippen molar-refractivity contribution in [1.29, 1.82) is 0 Å². The molecule has 3 heterocycles. The minimum atomic E-state index is -0.866. The molecule has 10 heteroatoms. The third-order valence-electron chi connectivity index (χ3n) is 5.28. The van der Waals surface area contributed by atoms with E-state index in [1.807, 2.05) is 42.2 Å². The summed E-state index contributed by atoms with van der Waals surface area (Å²) in [5, 5.41) is 14.7. The molecule has 0 aliphatic carbocycles. The van der Waals surface area contributed by atoms with Crippen LogP contribution in [0.4, 0.5) is 9.93 Å². The number of amides is 4. The van der Waals surface area contributed by atoms with Crippen molar-refractivity contribution in [1.82, 2.24) is 25.3 Å². The summed E-state index contributed by atoms with van der Waals surface area (Å²) >= 11 is 1.32. The Morgan fingerprint density at radius 3 is 2.59 bits per heavy atom. The van der Waals surface area contributed by atoms with E-state index in [9.17, 15) is 14.4 Å². The molecule has 1 aromatic carbocycles. The van der Waals surface area contributed by atoms with Crippen LogP contribution in [-0.4, -0.2) is 63.0 Å². The molecule has 0 bridgehead atoms. The highest BCUT2D eigenvalue weighted by molar-refractivity contribution is 7.15. The van der Waals surface area contributed by atoms with Gasteiger partial charge in [-0.3, -0.25) is 24.7 Å². The number of likely N-dealkylation sites (tertiary alicyclic amines) is 1. The lowest BCUT2D eigenvalue weighted by atomic mass is 9.87. The molecule has 4 amide bonds. The Bertz CT molecular complexity index is 923. The first-order chi connectivity index (χ1) is 13.9. The van der Waals surface area contributed by atoms with Crippen molar-refractivity contribution >= 4 is 34.3 Å². The van der Waals surface area contributed by atoms with Crippen LogP contribution < -0.4 is 10.6 Å². The minimum Gasteiger partial charge on any atom is -0.323 e. The zero-order valence-corrected chi connectivity index (χ0v) is 16.9. The van der Waals surface area contributed by atoms with Gasteiger partial charge in [0.15, 0.2) is 0 Å². The van der Waals surface area contributed by atoms with E-state index in [2.05, 4.69) is 20.8 Å². The van der Waals surface area contributed by atoms with Crippen LogP contribution in [0.15, 0.2) is 30.3 Å². The molecule has 0 unspecified atom stereocenters. The first-order valence-electron chi connectivity index (χ1n) is 9.45. The van der Waals surface area contributed by atoms with Crippen LogP contribution in [0.1, 0.15) is 23.4 Å². The van der Waals surface area contributed by atoms with Crippen LogP contribution in [0, 0.1) is 6.92 Å². The number of aryl methyl sites for hydroxylation is 1. The average Bonchev–Trinajstić information content (AvgIpc) is 3.21. The summed E-state index contributed by atoms with van der Waals surface area (Å²) in [6.07, 6.45) is 0.960. The van der Waals surface area contributed by atoms with Gasteiger partial charge in [-0.05, 0) is 25.3 Å². The van der Waals surface area contributed by atoms with Gasteiger partial charge in [0.05, 0.1) is 13.1 Å². The van der Waals surface area contributed by atoms with E-state index in [4.69, 9.17) is 0 Å². The lowest BCUT2D eigenvalue weighted by Gasteiger charge is -2.36. The van der Waals surface area contributed by atoms with E-state index in [0.717, 1.165) is 10.6 Å². The van der Waals surface area contributed by atoms with Crippen LogP contribution in [0.2, 0.25) is 0 Å². The smallest absolute Gasteiger partial charge is 0.323 e. The number of rotatable bonds is 5. The number of benzene rings is 1. The number of hydrogen-bond acceptors (Lipinski definition) is 7. The average molecular weight is 414 g/mol. The van der Waals surface area contributed by atoms with Gasteiger partial charge in [0.25, 0.3) is 5.91 Å². The SMILES string of the molecule is Cc1nnc(NC(=O)CN2CCC3(CC2)NC(=O)N(Cc2ccccc2)C3=O)s1. The Balaban J connectivity index is 1.33. The summed E-state index contributed by atoms with van der Waals surface area (Å²) in [6.45, 7) is 3.40. The number of nitrogens with one attached hydrogen (secondary N) is 2. The molecule has 0 atom stereocenters. The standard InChI is InChI=1S/C19H22N6O3S/c1-13-22-23-17(29-13)20-15(26)12-24-9-7-19(8-10-24)16(27)25(18(28)21-19)11-14-5-3-2-4-6-14/h2-6H,7-12H2,1H3,(H,21,28)(H,20,23,26). The van der Waals surface area contributed by atoms with Gasteiger partial charge in [0.2, 0.25) is 11.0 Å². The molecule has 9 nitrogen and oxygen atoms in total. The molecule has 0 radical (unpaired) electrons. The molecule has 2 saturated heterocycles. The number of anilines is 1. The van der Waals surface area contributed by atoms with Gasteiger partial charge >= 0.3 is 6.03 Å². The molecular formula is C19H22N6O3S. The van der Waals surface area contributed by atoms with Crippen molar-refractivity contribution in [2.75, 3.05) is 25.0 Å². The molecule has 2 aliphatic rings. The number of urea groups is 1. The fraction of sp³-hybridized carbons (Fsp3) is 0.421. The van der Waals surface area contributed by atoms with Crippen molar-refractivity contribution in [3.05, 3.63) is 40.9 Å². The van der Waals surface area contributed by atoms with Crippen molar-refractivity contribution in [3.63, 3.8) is 0 Å². The molecule has 4 rings (SSSR count). The molecule has 2 aromatic rings. The fourth-order valence-corrected chi connectivity index (χ4v) is 4.33. The monoisotopic (exact) mass is 414 g/mol. The summed E-state index contributed by atoms with van der Waals surface area (Å²) in [5.74, 6) is -0.343. The Hall–Kier alpha value is -2.85. The molecule has 0 saturated carbocycles. The predicted molar refractivity (Wildman–Crippen MR) is 107 cm³/mol. The Labute approximate surface area is 172 Å². The lowest BCUT2D eigenvalue weighted by molar-refractivity contribution is -0.133.